The van der Waals surface area contributed by atoms with Crippen molar-refractivity contribution in [3.8, 4) is 0 Å². The Morgan fingerprint density at radius 2 is 1.88 bits per heavy atom. The van der Waals surface area contributed by atoms with E-state index in [0.717, 1.165) is 19.3 Å². The maximum atomic E-state index is 12.1. The zero-order chi connectivity index (χ0) is 12.6. The lowest BCUT2D eigenvalue weighted by Gasteiger charge is -2.16. The quantitative estimate of drug-likeness (QED) is 0.602. The molecule has 2 N–H and O–H groups in total. The van der Waals surface area contributed by atoms with Crippen LogP contribution in [0.15, 0.2) is 0 Å². The highest BCUT2D eigenvalue weighted by Crippen LogP contribution is 2.44. The Kier molecular flexibility index (Phi) is 3.47. The number of amides is 2. The normalized spacial score (nSPS) is 32.1. The molecule has 1 saturated carbocycles. The molecule has 2 atom stereocenters. The standard InChI is InChI=1S/C12H18N2O2S/c1-2-7-5-8-9(6-7)12(16)14(11(8)15)4-3-10(13)17/h7-9H,2-6H2,1H3,(H2,13,17). The molecule has 0 aromatic carbocycles. The van der Waals surface area contributed by atoms with Crippen molar-refractivity contribution in [1.29, 1.82) is 0 Å². The fourth-order valence-electron chi connectivity index (χ4n) is 2.97. The van der Waals surface area contributed by atoms with Crippen LogP contribution < -0.4 is 5.73 Å². The largest absolute Gasteiger partial charge is 0.393 e. The predicted octanol–water partition coefficient (Wildman–Crippen LogP) is 1.08. The van der Waals surface area contributed by atoms with Crippen LogP contribution in [0.1, 0.15) is 32.6 Å². The number of carbonyl (C=O) groups excluding carboxylic acids is 2. The van der Waals surface area contributed by atoms with Crippen molar-refractivity contribution in [2.24, 2.45) is 23.5 Å². The highest BCUT2D eigenvalue weighted by molar-refractivity contribution is 7.80. The van der Waals surface area contributed by atoms with Crippen molar-refractivity contribution >= 4 is 29.0 Å². The van der Waals surface area contributed by atoms with E-state index in [0.29, 0.717) is 23.9 Å². The number of rotatable bonds is 4. The lowest BCUT2D eigenvalue weighted by Crippen LogP contribution is -2.34. The summed E-state index contributed by atoms with van der Waals surface area (Å²) in [4.78, 5) is 25.9. The lowest BCUT2D eigenvalue weighted by molar-refractivity contribution is -0.140. The number of thiocarbonyl (C=S) groups is 1. The minimum Gasteiger partial charge on any atom is -0.393 e. The van der Waals surface area contributed by atoms with Gasteiger partial charge in [-0.2, -0.15) is 0 Å². The molecule has 17 heavy (non-hydrogen) atoms. The van der Waals surface area contributed by atoms with Gasteiger partial charge < -0.3 is 5.73 Å². The fraction of sp³-hybridized carbons (Fsp3) is 0.750. The minimum atomic E-state index is -0.0706. The van der Waals surface area contributed by atoms with Crippen LogP contribution in [0.4, 0.5) is 0 Å². The van der Waals surface area contributed by atoms with Crippen molar-refractivity contribution in [3.05, 3.63) is 0 Å². The van der Waals surface area contributed by atoms with Crippen LogP contribution >= 0.6 is 12.2 Å². The molecule has 2 amide bonds. The molecular formula is C12H18N2O2S. The second kappa shape index (κ2) is 4.72. The number of imide groups is 1. The predicted molar refractivity (Wildman–Crippen MR) is 68.1 cm³/mol. The third-order valence-corrected chi connectivity index (χ3v) is 4.19. The van der Waals surface area contributed by atoms with Gasteiger partial charge in [-0.1, -0.05) is 25.6 Å². The number of carbonyl (C=O) groups is 2. The summed E-state index contributed by atoms with van der Waals surface area (Å²) in [6.45, 7) is 2.47. The van der Waals surface area contributed by atoms with E-state index in [2.05, 4.69) is 6.92 Å². The van der Waals surface area contributed by atoms with Crippen LogP contribution in [-0.4, -0.2) is 28.2 Å². The van der Waals surface area contributed by atoms with Crippen LogP contribution in [-0.2, 0) is 9.59 Å². The molecule has 1 saturated heterocycles. The summed E-state index contributed by atoms with van der Waals surface area (Å²) in [7, 11) is 0. The molecule has 2 fully saturated rings. The molecule has 2 unspecified atom stereocenters. The number of hydrogen-bond acceptors (Lipinski definition) is 3. The van der Waals surface area contributed by atoms with E-state index in [1.165, 1.54) is 4.90 Å². The average Bonchev–Trinajstić information content (AvgIpc) is 2.79. The first-order valence-electron chi connectivity index (χ1n) is 6.18. The van der Waals surface area contributed by atoms with E-state index in [1.54, 1.807) is 0 Å². The number of fused-ring (bicyclic) bond motifs is 1. The summed E-state index contributed by atoms with van der Waals surface area (Å²) in [5.41, 5.74) is 5.40. The highest BCUT2D eigenvalue weighted by Gasteiger charge is 2.51. The zero-order valence-corrected chi connectivity index (χ0v) is 10.8. The van der Waals surface area contributed by atoms with Gasteiger partial charge in [-0.15, -0.1) is 0 Å². The molecule has 2 aliphatic rings. The van der Waals surface area contributed by atoms with Gasteiger partial charge in [-0.3, -0.25) is 14.5 Å². The Morgan fingerprint density at radius 1 is 1.35 bits per heavy atom. The van der Waals surface area contributed by atoms with Gasteiger partial charge >= 0.3 is 0 Å². The summed E-state index contributed by atoms with van der Waals surface area (Å²) in [6, 6.07) is 0. The van der Waals surface area contributed by atoms with Gasteiger partial charge in [0.05, 0.1) is 16.8 Å². The Labute approximate surface area is 107 Å². The molecule has 94 valence electrons. The molecule has 2 rings (SSSR count). The smallest absolute Gasteiger partial charge is 0.233 e. The van der Waals surface area contributed by atoms with E-state index in [1.807, 2.05) is 0 Å². The number of nitrogens with two attached hydrogens (primary N) is 1. The molecule has 1 aliphatic carbocycles. The zero-order valence-electron chi connectivity index (χ0n) is 10.0. The molecule has 5 heteroatoms. The van der Waals surface area contributed by atoms with E-state index in [4.69, 9.17) is 18.0 Å². The Balaban J connectivity index is 2.03. The lowest BCUT2D eigenvalue weighted by atomic mass is 10.00. The first-order chi connectivity index (χ1) is 8.04. The van der Waals surface area contributed by atoms with Crippen molar-refractivity contribution in [2.75, 3.05) is 6.54 Å². The van der Waals surface area contributed by atoms with Gasteiger partial charge in [0, 0.05) is 13.0 Å². The SMILES string of the molecule is CCC1CC2C(=O)N(CCC(N)=S)C(=O)C2C1. The molecule has 0 spiro atoms. The summed E-state index contributed by atoms with van der Waals surface area (Å²) < 4.78 is 0. The van der Waals surface area contributed by atoms with Gasteiger partial charge in [-0.25, -0.2) is 0 Å². The molecule has 0 bridgehead atoms. The third-order valence-electron chi connectivity index (χ3n) is 3.99. The van der Waals surface area contributed by atoms with Crippen molar-refractivity contribution in [1.82, 2.24) is 4.90 Å². The Morgan fingerprint density at radius 3 is 2.29 bits per heavy atom. The monoisotopic (exact) mass is 254 g/mol. The Hall–Kier alpha value is -0.970. The highest BCUT2D eigenvalue weighted by atomic mass is 32.1. The topological polar surface area (TPSA) is 63.4 Å². The molecule has 4 nitrogen and oxygen atoms in total. The fourth-order valence-corrected chi connectivity index (χ4v) is 3.06. The Bertz CT molecular complexity index is 346. The maximum absolute atomic E-state index is 12.1. The van der Waals surface area contributed by atoms with Gasteiger partial charge in [-0.05, 0) is 18.8 Å². The number of likely N-dealkylation sites (tertiary alicyclic amines) is 1. The first kappa shape index (κ1) is 12.5. The summed E-state index contributed by atoms with van der Waals surface area (Å²) in [5.74, 6) is 0.382. The molecule has 1 aliphatic heterocycles. The summed E-state index contributed by atoms with van der Waals surface area (Å²) >= 11 is 4.77. The maximum Gasteiger partial charge on any atom is 0.233 e. The van der Waals surface area contributed by atoms with Crippen LogP contribution in [0, 0.1) is 17.8 Å². The van der Waals surface area contributed by atoms with E-state index in [-0.39, 0.29) is 23.7 Å². The van der Waals surface area contributed by atoms with Crippen LogP contribution in [0.3, 0.4) is 0 Å². The van der Waals surface area contributed by atoms with Gasteiger partial charge in [0.1, 0.15) is 0 Å². The van der Waals surface area contributed by atoms with Crippen LogP contribution in [0.25, 0.3) is 0 Å². The second-order valence-electron chi connectivity index (χ2n) is 5.00. The average molecular weight is 254 g/mol. The third kappa shape index (κ3) is 2.20. The van der Waals surface area contributed by atoms with Crippen LogP contribution in [0.5, 0.6) is 0 Å². The van der Waals surface area contributed by atoms with Gasteiger partial charge in [0.25, 0.3) is 0 Å². The van der Waals surface area contributed by atoms with Gasteiger partial charge in [0.15, 0.2) is 0 Å². The number of hydrogen-bond donors (Lipinski definition) is 1. The first-order valence-corrected chi connectivity index (χ1v) is 6.59. The molecule has 0 radical (unpaired) electrons. The van der Waals surface area contributed by atoms with Crippen molar-refractivity contribution in [3.63, 3.8) is 0 Å². The summed E-state index contributed by atoms with van der Waals surface area (Å²) in [6.07, 6.45) is 3.23. The van der Waals surface area contributed by atoms with Crippen molar-refractivity contribution in [2.45, 2.75) is 32.6 Å². The van der Waals surface area contributed by atoms with E-state index in [9.17, 15) is 9.59 Å². The summed E-state index contributed by atoms with van der Waals surface area (Å²) in [5, 5.41) is 0. The van der Waals surface area contributed by atoms with Gasteiger partial charge in [0.2, 0.25) is 11.8 Å². The number of nitrogens with zero attached hydrogens (tertiary/aromatic N) is 1. The molecule has 0 aromatic rings. The second-order valence-corrected chi connectivity index (χ2v) is 5.53. The minimum absolute atomic E-state index is 0.00722. The molecular weight excluding hydrogens is 236 g/mol. The van der Waals surface area contributed by atoms with Crippen LogP contribution in [0.2, 0.25) is 0 Å². The molecule has 0 aromatic heterocycles. The van der Waals surface area contributed by atoms with E-state index >= 15 is 0 Å². The molecule has 1 heterocycles. The van der Waals surface area contributed by atoms with Crippen molar-refractivity contribution < 1.29 is 9.59 Å². The van der Waals surface area contributed by atoms with E-state index < -0.39 is 0 Å².